The number of benzene rings is 2. The summed E-state index contributed by atoms with van der Waals surface area (Å²) in [4.78, 5) is 12.0. The van der Waals surface area contributed by atoms with Crippen molar-refractivity contribution in [1.82, 2.24) is 0 Å². The molecule has 0 aliphatic carbocycles. The lowest BCUT2D eigenvalue weighted by molar-refractivity contribution is 0.105. The van der Waals surface area contributed by atoms with Gasteiger partial charge in [-0.1, -0.05) is 49.0 Å². The van der Waals surface area contributed by atoms with Crippen LogP contribution >= 0.6 is 0 Å². The first-order valence-corrected chi connectivity index (χ1v) is 5.23. The van der Waals surface area contributed by atoms with E-state index in [2.05, 4.69) is 6.58 Å². The quantitative estimate of drug-likeness (QED) is 0.575. The Morgan fingerprint density at radius 1 is 0.882 bits per heavy atom. The van der Waals surface area contributed by atoms with Gasteiger partial charge in [0.25, 0.3) is 0 Å². The molecule has 0 heterocycles. The Bertz CT molecular complexity index is 541. The smallest absolute Gasteiger partial charge is 0.193 e. The van der Waals surface area contributed by atoms with Crippen molar-refractivity contribution < 1.29 is 9.18 Å². The highest BCUT2D eigenvalue weighted by Crippen LogP contribution is 2.18. The van der Waals surface area contributed by atoms with Gasteiger partial charge in [0.05, 0.1) is 0 Å². The minimum Gasteiger partial charge on any atom is -0.289 e. The molecule has 1 nitrogen and oxygen atoms in total. The average molecular weight is 226 g/mol. The second kappa shape index (κ2) is 4.74. The Balaban J connectivity index is 2.27. The van der Waals surface area contributed by atoms with E-state index in [9.17, 15) is 9.18 Å². The zero-order valence-electron chi connectivity index (χ0n) is 9.19. The molecule has 0 aliphatic rings. The van der Waals surface area contributed by atoms with E-state index in [0.29, 0.717) is 16.7 Å². The van der Waals surface area contributed by atoms with Gasteiger partial charge in [-0.05, 0) is 17.7 Å². The molecule has 0 fully saturated rings. The van der Waals surface area contributed by atoms with Crippen LogP contribution in [0.25, 0.3) is 5.57 Å². The maximum absolute atomic E-state index is 12.8. The number of hydrogen-bond acceptors (Lipinski definition) is 1. The van der Waals surface area contributed by atoms with Gasteiger partial charge in [0.15, 0.2) is 5.78 Å². The summed E-state index contributed by atoms with van der Waals surface area (Å²) in [5.41, 5.74) is 1.60. The van der Waals surface area contributed by atoms with Gasteiger partial charge < -0.3 is 0 Å². The van der Waals surface area contributed by atoms with Crippen molar-refractivity contribution in [3.63, 3.8) is 0 Å². The third kappa shape index (κ3) is 2.48. The van der Waals surface area contributed by atoms with E-state index in [-0.39, 0.29) is 11.6 Å². The predicted molar refractivity (Wildman–Crippen MR) is 66.2 cm³/mol. The standard InChI is InChI=1S/C15H11FO/c1-11(12-7-9-14(16)10-8-12)15(17)13-5-3-2-4-6-13/h2-10H,1H2. The van der Waals surface area contributed by atoms with Gasteiger partial charge in [0.1, 0.15) is 5.82 Å². The molecule has 2 aromatic rings. The molecule has 0 saturated carbocycles. The van der Waals surface area contributed by atoms with Crippen LogP contribution in [-0.2, 0) is 0 Å². The molecule has 0 unspecified atom stereocenters. The van der Waals surface area contributed by atoms with Crippen LogP contribution < -0.4 is 0 Å². The van der Waals surface area contributed by atoms with Crippen LogP contribution in [0.5, 0.6) is 0 Å². The maximum atomic E-state index is 12.8. The number of carbonyl (C=O) groups excluding carboxylic acids is 1. The molecule has 0 bridgehead atoms. The molecule has 2 aromatic carbocycles. The zero-order chi connectivity index (χ0) is 12.3. The molecule has 0 spiro atoms. The summed E-state index contributed by atoms with van der Waals surface area (Å²) in [5, 5.41) is 0. The monoisotopic (exact) mass is 226 g/mol. The average Bonchev–Trinajstić information content (AvgIpc) is 2.39. The van der Waals surface area contributed by atoms with E-state index in [4.69, 9.17) is 0 Å². The summed E-state index contributed by atoms with van der Waals surface area (Å²) >= 11 is 0. The fourth-order valence-corrected chi connectivity index (χ4v) is 1.55. The van der Waals surface area contributed by atoms with E-state index in [1.165, 1.54) is 12.1 Å². The Kier molecular flexibility index (Phi) is 3.15. The summed E-state index contributed by atoms with van der Waals surface area (Å²) in [7, 11) is 0. The molecule has 17 heavy (non-hydrogen) atoms. The Morgan fingerprint density at radius 2 is 1.47 bits per heavy atom. The molecule has 0 amide bonds. The van der Waals surface area contributed by atoms with Gasteiger partial charge in [-0.15, -0.1) is 0 Å². The van der Waals surface area contributed by atoms with Gasteiger partial charge in [-0.3, -0.25) is 4.79 Å². The summed E-state index contributed by atoms with van der Waals surface area (Å²) in [6.07, 6.45) is 0. The van der Waals surface area contributed by atoms with Gasteiger partial charge in [-0.25, -0.2) is 4.39 Å². The fourth-order valence-electron chi connectivity index (χ4n) is 1.55. The molecule has 0 N–H and O–H groups in total. The Hall–Kier alpha value is -2.22. The number of hydrogen-bond donors (Lipinski definition) is 0. The van der Waals surface area contributed by atoms with Gasteiger partial charge in [-0.2, -0.15) is 0 Å². The Labute approximate surface area is 99.2 Å². The van der Waals surface area contributed by atoms with Crippen molar-refractivity contribution in [3.8, 4) is 0 Å². The SMILES string of the molecule is C=C(C(=O)c1ccccc1)c1ccc(F)cc1. The molecule has 0 atom stereocenters. The van der Waals surface area contributed by atoms with Crippen molar-refractivity contribution in [2.24, 2.45) is 0 Å². The van der Waals surface area contributed by atoms with E-state index in [0.717, 1.165) is 0 Å². The summed E-state index contributed by atoms with van der Waals surface area (Å²) in [6, 6.07) is 14.6. The topological polar surface area (TPSA) is 17.1 Å². The molecular weight excluding hydrogens is 215 g/mol. The minimum absolute atomic E-state index is 0.141. The van der Waals surface area contributed by atoms with Crippen LogP contribution in [0.3, 0.4) is 0 Å². The van der Waals surface area contributed by atoms with Gasteiger partial charge in [0.2, 0.25) is 0 Å². The molecule has 0 aromatic heterocycles. The van der Waals surface area contributed by atoms with Crippen LogP contribution in [0.1, 0.15) is 15.9 Å². The maximum Gasteiger partial charge on any atom is 0.193 e. The second-order valence-electron chi connectivity index (χ2n) is 3.68. The lowest BCUT2D eigenvalue weighted by Gasteiger charge is -2.04. The van der Waals surface area contributed by atoms with Crippen molar-refractivity contribution in [1.29, 1.82) is 0 Å². The third-order valence-electron chi connectivity index (χ3n) is 2.50. The van der Waals surface area contributed by atoms with Crippen LogP contribution in [0.15, 0.2) is 61.2 Å². The summed E-state index contributed by atoms with van der Waals surface area (Å²) in [6.45, 7) is 3.76. The highest BCUT2D eigenvalue weighted by molar-refractivity contribution is 6.28. The minimum atomic E-state index is -0.325. The summed E-state index contributed by atoms with van der Waals surface area (Å²) < 4.78 is 12.8. The first kappa shape index (κ1) is 11.3. The normalized spacial score (nSPS) is 9.94. The first-order valence-electron chi connectivity index (χ1n) is 5.23. The Morgan fingerprint density at radius 3 is 2.06 bits per heavy atom. The predicted octanol–water partition coefficient (Wildman–Crippen LogP) is 3.72. The number of Topliss-reactive ketones (excluding diaryl/α,β-unsaturated/α-hetero) is 1. The number of ketones is 1. The third-order valence-corrected chi connectivity index (χ3v) is 2.50. The molecule has 2 heteroatoms. The lowest BCUT2D eigenvalue weighted by Crippen LogP contribution is -2.01. The van der Waals surface area contributed by atoms with Crippen molar-refractivity contribution in [2.45, 2.75) is 0 Å². The van der Waals surface area contributed by atoms with Crippen LogP contribution in [0.4, 0.5) is 4.39 Å². The summed E-state index contributed by atoms with van der Waals surface area (Å²) in [5.74, 6) is -0.467. The zero-order valence-corrected chi connectivity index (χ0v) is 9.19. The van der Waals surface area contributed by atoms with Gasteiger partial charge >= 0.3 is 0 Å². The lowest BCUT2D eigenvalue weighted by atomic mass is 9.98. The molecule has 84 valence electrons. The van der Waals surface area contributed by atoms with E-state index < -0.39 is 0 Å². The van der Waals surface area contributed by atoms with Crippen LogP contribution in [0, 0.1) is 5.82 Å². The fraction of sp³-hybridized carbons (Fsp3) is 0. The largest absolute Gasteiger partial charge is 0.289 e. The number of rotatable bonds is 3. The molecule has 0 aliphatic heterocycles. The number of carbonyl (C=O) groups is 1. The molecule has 0 saturated heterocycles. The highest BCUT2D eigenvalue weighted by atomic mass is 19.1. The highest BCUT2D eigenvalue weighted by Gasteiger charge is 2.11. The second-order valence-corrected chi connectivity index (χ2v) is 3.68. The number of halogens is 1. The van der Waals surface area contributed by atoms with E-state index >= 15 is 0 Å². The first-order chi connectivity index (χ1) is 8.18. The van der Waals surface area contributed by atoms with Crippen molar-refractivity contribution >= 4 is 11.4 Å². The number of allylic oxidation sites excluding steroid dienone is 1. The molecular formula is C15H11FO. The van der Waals surface area contributed by atoms with Crippen molar-refractivity contribution in [2.75, 3.05) is 0 Å². The van der Waals surface area contributed by atoms with Gasteiger partial charge in [0, 0.05) is 11.1 Å². The molecule has 2 rings (SSSR count). The van der Waals surface area contributed by atoms with E-state index in [1.54, 1.807) is 36.4 Å². The van der Waals surface area contributed by atoms with Crippen LogP contribution in [0.2, 0.25) is 0 Å². The molecule has 0 radical (unpaired) electrons. The van der Waals surface area contributed by atoms with Crippen molar-refractivity contribution in [3.05, 3.63) is 78.1 Å². The van der Waals surface area contributed by atoms with E-state index in [1.807, 2.05) is 6.07 Å². The van der Waals surface area contributed by atoms with Crippen LogP contribution in [-0.4, -0.2) is 5.78 Å².